The van der Waals surface area contributed by atoms with E-state index in [1.807, 2.05) is 17.8 Å². The summed E-state index contributed by atoms with van der Waals surface area (Å²) in [7, 11) is 0. The number of fused-ring (bicyclic) bond motifs is 1. The van der Waals surface area contributed by atoms with Gasteiger partial charge in [0.15, 0.2) is 5.78 Å². The Morgan fingerprint density at radius 1 is 1.11 bits per heavy atom. The lowest BCUT2D eigenvalue weighted by atomic mass is 10.0. The lowest BCUT2D eigenvalue weighted by Crippen LogP contribution is -2.31. The molecule has 1 heterocycles. The number of Topliss-reactive ketones (excluding diaryl/α,β-unsaturated/α-hetero) is 1. The molecule has 1 fully saturated rings. The summed E-state index contributed by atoms with van der Waals surface area (Å²) in [6.07, 6.45) is 4.79. The van der Waals surface area contributed by atoms with Crippen molar-refractivity contribution in [1.29, 1.82) is 0 Å². The molecular formula is C16H21NOS. The molecule has 1 aromatic carbocycles. The van der Waals surface area contributed by atoms with Crippen molar-refractivity contribution in [2.24, 2.45) is 0 Å². The van der Waals surface area contributed by atoms with Crippen LogP contribution in [-0.2, 0) is 12.8 Å². The fourth-order valence-corrected chi connectivity index (χ4v) is 3.92. The highest BCUT2D eigenvalue weighted by atomic mass is 32.2. The Balaban J connectivity index is 1.66. The van der Waals surface area contributed by atoms with Gasteiger partial charge in [-0.2, -0.15) is 11.8 Å². The van der Waals surface area contributed by atoms with Gasteiger partial charge < -0.3 is 0 Å². The summed E-state index contributed by atoms with van der Waals surface area (Å²) >= 11 is 2.01. The van der Waals surface area contributed by atoms with Crippen LogP contribution in [0.15, 0.2) is 18.2 Å². The molecule has 2 nitrogen and oxygen atoms in total. The van der Waals surface area contributed by atoms with Crippen LogP contribution in [0.2, 0.25) is 0 Å². The number of aryl methyl sites for hydroxylation is 2. The van der Waals surface area contributed by atoms with E-state index in [-0.39, 0.29) is 0 Å². The SMILES string of the molecule is O=C(CN1CCCSCC1)c1ccc2c(c1)CCC2. The Bertz CT molecular complexity index is 464. The molecule has 3 heteroatoms. The highest BCUT2D eigenvalue weighted by Gasteiger charge is 2.17. The third kappa shape index (κ3) is 3.21. The Kier molecular flexibility index (Phi) is 4.24. The number of carbonyl (C=O) groups is 1. The van der Waals surface area contributed by atoms with E-state index < -0.39 is 0 Å². The van der Waals surface area contributed by atoms with E-state index in [0.29, 0.717) is 12.3 Å². The van der Waals surface area contributed by atoms with Crippen LogP contribution in [0.5, 0.6) is 0 Å². The van der Waals surface area contributed by atoms with Gasteiger partial charge in [0.1, 0.15) is 0 Å². The number of hydrogen-bond donors (Lipinski definition) is 0. The van der Waals surface area contributed by atoms with E-state index in [9.17, 15) is 4.79 Å². The molecule has 1 aliphatic carbocycles. The lowest BCUT2D eigenvalue weighted by molar-refractivity contribution is 0.0936. The van der Waals surface area contributed by atoms with Crippen molar-refractivity contribution >= 4 is 17.5 Å². The van der Waals surface area contributed by atoms with Crippen LogP contribution in [0, 0.1) is 0 Å². The highest BCUT2D eigenvalue weighted by molar-refractivity contribution is 7.99. The third-order valence-corrected chi connectivity index (χ3v) is 5.15. The topological polar surface area (TPSA) is 20.3 Å². The summed E-state index contributed by atoms with van der Waals surface area (Å²) in [5.74, 6) is 2.70. The molecule has 0 bridgehead atoms. The van der Waals surface area contributed by atoms with Crippen LogP contribution in [0.4, 0.5) is 0 Å². The molecule has 0 radical (unpaired) electrons. The first-order chi connectivity index (χ1) is 9.33. The van der Waals surface area contributed by atoms with Gasteiger partial charge in [-0.25, -0.2) is 0 Å². The zero-order valence-corrected chi connectivity index (χ0v) is 12.2. The number of nitrogens with zero attached hydrogens (tertiary/aromatic N) is 1. The van der Waals surface area contributed by atoms with E-state index in [1.54, 1.807) is 0 Å². The van der Waals surface area contributed by atoms with Gasteiger partial charge in [-0.1, -0.05) is 12.1 Å². The maximum Gasteiger partial charge on any atom is 0.176 e. The summed E-state index contributed by atoms with van der Waals surface area (Å²) in [4.78, 5) is 14.7. The van der Waals surface area contributed by atoms with Gasteiger partial charge in [-0.15, -0.1) is 0 Å². The second-order valence-corrected chi connectivity index (χ2v) is 6.73. The highest BCUT2D eigenvalue weighted by Crippen LogP contribution is 2.23. The Hall–Kier alpha value is -0.800. The first kappa shape index (κ1) is 13.2. The molecule has 1 saturated heterocycles. The number of carbonyl (C=O) groups excluding carboxylic acids is 1. The van der Waals surface area contributed by atoms with Crippen LogP contribution in [-0.4, -0.2) is 41.8 Å². The molecular weight excluding hydrogens is 254 g/mol. The molecule has 19 heavy (non-hydrogen) atoms. The molecule has 1 aromatic rings. The number of thioether (sulfide) groups is 1. The molecule has 0 N–H and O–H groups in total. The average Bonchev–Trinajstić information content (AvgIpc) is 2.75. The Morgan fingerprint density at radius 2 is 2.00 bits per heavy atom. The maximum absolute atomic E-state index is 12.4. The summed E-state index contributed by atoms with van der Waals surface area (Å²) in [5.41, 5.74) is 3.76. The molecule has 0 spiro atoms. The zero-order valence-electron chi connectivity index (χ0n) is 11.4. The summed E-state index contributed by atoms with van der Waals surface area (Å²) in [5, 5.41) is 0. The van der Waals surface area contributed by atoms with Crippen LogP contribution < -0.4 is 0 Å². The molecule has 0 saturated carbocycles. The predicted molar refractivity (Wildman–Crippen MR) is 81.2 cm³/mol. The van der Waals surface area contributed by atoms with Crippen molar-refractivity contribution in [3.63, 3.8) is 0 Å². The molecule has 3 rings (SSSR count). The Morgan fingerprint density at radius 3 is 2.95 bits per heavy atom. The van der Waals surface area contributed by atoms with Gasteiger partial charge in [0.05, 0.1) is 6.54 Å². The van der Waals surface area contributed by atoms with Crippen LogP contribution in [0.25, 0.3) is 0 Å². The minimum absolute atomic E-state index is 0.293. The molecule has 0 atom stereocenters. The molecule has 0 aromatic heterocycles. The van der Waals surface area contributed by atoms with Crippen molar-refractivity contribution in [2.75, 3.05) is 31.1 Å². The number of benzene rings is 1. The van der Waals surface area contributed by atoms with E-state index in [4.69, 9.17) is 0 Å². The third-order valence-electron chi connectivity index (χ3n) is 4.10. The average molecular weight is 275 g/mol. The van der Waals surface area contributed by atoms with Crippen molar-refractivity contribution < 1.29 is 4.79 Å². The Labute approximate surface area is 119 Å². The van der Waals surface area contributed by atoms with Crippen LogP contribution >= 0.6 is 11.8 Å². The maximum atomic E-state index is 12.4. The number of hydrogen-bond acceptors (Lipinski definition) is 3. The second kappa shape index (κ2) is 6.10. The second-order valence-electron chi connectivity index (χ2n) is 5.50. The minimum atomic E-state index is 0.293. The minimum Gasteiger partial charge on any atom is -0.295 e. The summed E-state index contributed by atoms with van der Waals surface area (Å²) in [6.45, 7) is 2.73. The van der Waals surface area contributed by atoms with Gasteiger partial charge in [0.2, 0.25) is 0 Å². The predicted octanol–water partition coefficient (Wildman–Crippen LogP) is 2.80. The molecule has 1 aliphatic heterocycles. The molecule has 102 valence electrons. The number of ketones is 1. The van der Waals surface area contributed by atoms with Crippen molar-refractivity contribution in [1.82, 2.24) is 4.90 Å². The van der Waals surface area contributed by atoms with Crippen molar-refractivity contribution in [2.45, 2.75) is 25.7 Å². The van der Waals surface area contributed by atoms with E-state index in [0.717, 1.165) is 30.8 Å². The molecule has 0 amide bonds. The first-order valence-corrected chi connectivity index (χ1v) is 8.43. The fourth-order valence-electron chi connectivity index (χ4n) is 3.00. The molecule has 2 aliphatic rings. The molecule has 0 unspecified atom stereocenters. The van der Waals surface area contributed by atoms with E-state index >= 15 is 0 Å². The quantitative estimate of drug-likeness (QED) is 0.791. The standard InChI is InChI=1S/C16H21NOS/c18-16(12-17-7-2-9-19-10-8-17)15-6-5-13-3-1-4-14(13)11-15/h5-6,11H,1-4,7-10,12H2. The normalized spacial score (nSPS) is 20.0. The monoisotopic (exact) mass is 275 g/mol. The van der Waals surface area contributed by atoms with Crippen molar-refractivity contribution in [3.8, 4) is 0 Å². The van der Waals surface area contributed by atoms with Gasteiger partial charge in [-0.05, 0) is 55.2 Å². The lowest BCUT2D eigenvalue weighted by Gasteiger charge is -2.18. The van der Waals surface area contributed by atoms with Gasteiger partial charge in [-0.3, -0.25) is 9.69 Å². The van der Waals surface area contributed by atoms with E-state index in [1.165, 1.54) is 36.1 Å². The number of rotatable bonds is 3. The summed E-state index contributed by atoms with van der Waals surface area (Å²) in [6, 6.07) is 6.32. The van der Waals surface area contributed by atoms with Gasteiger partial charge in [0, 0.05) is 17.9 Å². The smallest absolute Gasteiger partial charge is 0.176 e. The van der Waals surface area contributed by atoms with Crippen LogP contribution in [0.1, 0.15) is 34.3 Å². The first-order valence-electron chi connectivity index (χ1n) is 7.28. The zero-order chi connectivity index (χ0) is 13.1. The van der Waals surface area contributed by atoms with Gasteiger partial charge in [0.25, 0.3) is 0 Å². The van der Waals surface area contributed by atoms with Crippen molar-refractivity contribution in [3.05, 3.63) is 34.9 Å². The van der Waals surface area contributed by atoms with Gasteiger partial charge >= 0.3 is 0 Å². The largest absolute Gasteiger partial charge is 0.295 e. The summed E-state index contributed by atoms with van der Waals surface area (Å²) < 4.78 is 0. The van der Waals surface area contributed by atoms with Crippen LogP contribution in [0.3, 0.4) is 0 Å². The fraction of sp³-hybridized carbons (Fsp3) is 0.562. The van der Waals surface area contributed by atoms with E-state index in [2.05, 4.69) is 17.0 Å².